The molecular formula is C13H24N2O. The molecule has 2 amide bonds. The van der Waals surface area contributed by atoms with E-state index in [9.17, 15) is 4.79 Å². The molecule has 0 aromatic carbocycles. The van der Waals surface area contributed by atoms with Gasteiger partial charge in [0.05, 0.1) is 0 Å². The summed E-state index contributed by atoms with van der Waals surface area (Å²) in [6, 6.07) is -0.409. The van der Waals surface area contributed by atoms with Crippen LogP contribution in [0.15, 0.2) is 9.98 Å². The van der Waals surface area contributed by atoms with Crippen molar-refractivity contribution in [2.24, 2.45) is 20.8 Å². The molecule has 0 aromatic rings. The van der Waals surface area contributed by atoms with E-state index in [1.54, 1.807) is 12.4 Å². The third-order valence-corrected chi connectivity index (χ3v) is 1.81. The lowest BCUT2D eigenvalue weighted by atomic mass is 9.93. The maximum Gasteiger partial charge on any atom is 0.366 e. The summed E-state index contributed by atoms with van der Waals surface area (Å²) in [5.74, 6) is 0. The van der Waals surface area contributed by atoms with Gasteiger partial charge in [0.1, 0.15) is 0 Å². The van der Waals surface area contributed by atoms with Crippen LogP contribution in [0.2, 0.25) is 0 Å². The molecule has 0 N–H and O–H groups in total. The number of hydrogen-bond donors (Lipinski definition) is 0. The Morgan fingerprint density at radius 3 is 1.44 bits per heavy atom. The second-order valence-electron chi connectivity index (χ2n) is 6.44. The van der Waals surface area contributed by atoms with Crippen molar-refractivity contribution in [3.63, 3.8) is 0 Å². The van der Waals surface area contributed by atoms with Crippen LogP contribution in [-0.4, -0.2) is 18.5 Å². The van der Waals surface area contributed by atoms with Gasteiger partial charge in [0, 0.05) is 12.4 Å². The Morgan fingerprint density at radius 2 is 1.19 bits per heavy atom. The van der Waals surface area contributed by atoms with Gasteiger partial charge in [-0.25, -0.2) is 14.8 Å². The third-order valence-electron chi connectivity index (χ3n) is 1.81. The molecule has 0 radical (unpaired) electrons. The van der Waals surface area contributed by atoms with Gasteiger partial charge in [-0.1, -0.05) is 41.5 Å². The minimum absolute atomic E-state index is 0.166. The number of aliphatic imine (C=N–C) groups is 2. The molecule has 0 atom stereocenters. The normalized spacial score (nSPS) is 13.9. The summed E-state index contributed by atoms with van der Waals surface area (Å²) >= 11 is 0. The standard InChI is InChI=1S/C13H24N2O/c1-12(2,3)7-9-14-11(16)15-10-8-13(4,5)6/h9-10H,7-8H2,1-6H3. The maximum absolute atomic E-state index is 11.2. The molecule has 3 heteroatoms. The lowest BCUT2D eigenvalue weighted by molar-refractivity contribution is 0.257. The van der Waals surface area contributed by atoms with Crippen molar-refractivity contribution in [1.29, 1.82) is 0 Å². The van der Waals surface area contributed by atoms with Crippen LogP contribution in [-0.2, 0) is 0 Å². The summed E-state index contributed by atoms with van der Waals surface area (Å²) in [5.41, 5.74) is 0.331. The Bertz CT molecular complexity index is 249. The van der Waals surface area contributed by atoms with Crippen molar-refractivity contribution in [3.05, 3.63) is 0 Å². The van der Waals surface area contributed by atoms with E-state index in [-0.39, 0.29) is 10.8 Å². The Balaban J connectivity index is 4.00. The second-order valence-corrected chi connectivity index (χ2v) is 6.44. The quantitative estimate of drug-likeness (QED) is 0.650. The van der Waals surface area contributed by atoms with Crippen molar-refractivity contribution >= 4 is 18.5 Å². The van der Waals surface area contributed by atoms with Crippen LogP contribution in [0, 0.1) is 10.8 Å². The zero-order valence-electron chi connectivity index (χ0n) is 11.4. The number of carbonyl (C=O) groups excluding carboxylic acids is 1. The summed E-state index contributed by atoms with van der Waals surface area (Å²) in [4.78, 5) is 18.8. The SMILES string of the molecule is CC(C)(C)CC=NC(=O)N=CCC(C)(C)C. The summed E-state index contributed by atoms with van der Waals surface area (Å²) in [7, 11) is 0. The summed E-state index contributed by atoms with van der Waals surface area (Å²) < 4.78 is 0. The van der Waals surface area contributed by atoms with Crippen LogP contribution in [0.25, 0.3) is 0 Å². The van der Waals surface area contributed by atoms with Crippen LogP contribution < -0.4 is 0 Å². The number of carbonyl (C=O) groups is 1. The summed E-state index contributed by atoms with van der Waals surface area (Å²) in [5, 5.41) is 0. The number of nitrogens with zero attached hydrogens (tertiary/aromatic N) is 2. The first-order valence-corrected chi connectivity index (χ1v) is 5.69. The monoisotopic (exact) mass is 224 g/mol. The molecule has 0 aromatic heterocycles. The topological polar surface area (TPSA) is 41.8 Å². The molecule has 0 aliphatic heterocycles. The van der Waals surface area contributed by atoms with Gasteiger partial charge in [-0.2, -0.15) is 0 Å². The smallest absolute Gasteiger partial charge is 0.244 e. The molecule has 0 rings (SSSR count). The van der Waals surface area contributed by atoms with Gasteiger partial charge in [-0.15, -0.1) is 0 Å². The minimum atomic E-state index is -0.409. The fraction of sp³-hybridized carbons (Fsp3) is 0.769. The molecule has 0 fully saturated rings. The average Bonchev–Trinajstić information content (AvgIpc) is 1.98. The lowest BCUT2D eigenvalue weighted by Gasteiger charge is -2.13. The number of amides is 2. The van der Waals surface area contributed by atoms with Crippen LogP contribution >= 0.6 is 0 Å². The van der Waals surface area contributed by atoms with Crippen LogP contribution in [0.3, 0.4) is 0 Å². The molecular weight excluding hydrogens is 200 g/mol. The zero-order chi connectivity index (χ0) is 12.8. The Morgan fingerprint density at radius 1 is 0.875 bits per heavy atom. The maximum atomic E-state index is 11.2. The van der Waals surface area contributed by atoms with E-state index in [0.717, 1.165) is 12.8 Å². The van der Waals surface area contributed by atoms with Gasteiger partial charge in [0.25, 0.3) is 0 Å². The van der Waals surface area contributed by atoms with Gasteiger partial charge in [0.15, 0.2) is 0 Å². The first kappa shape index (κ1) is 15.0. The van der Waals surface area contributed by atoms with E-state index in [2.05, 4.69) is 51.5 Å². The van der Waals surface area contributed by atoms with Crippen LogP contribution in [0.1, 0.15) is 54.4 Å². The molecule has 0 unspecified atom stereocenters. The molecule has 16 heavy (non-hydrogen) atoms. The average molecular weight is 224 g/mol. The highest BCUT2D eigenvalue weighted by atomic mass is 16.2. The zero-order valence-corrected chi connectivity index (χ0v) is 11.4. The van der Waals surface area contributed by atoms with E-state index in [4.69, 9.17) is 0 Å². The summed E-state index contributed by atoms with van der Waals surface area (Å²) in [6.45, 7) is 12.6. The lowest BCUT2D eigenvalue weighted by Crippen LogP contribution is -2.06. The van der Waals surface area contributed by atoms with Crippen molar-refractivity contribution in [1.82, 2.24) is 0 Å². The molecule has 0 bridgehead atoms. The number of urea groups is 1. The summed E-state index contributed by atoms with van der Waals surface area (Å²) in [6.07, 6.45) is 4.87. The van der Waals surface area contributed by atoms with Crippen LogP contribution in [0.4, 0.5) is 4.79 Å². The largest absolute Gasteiger partial charge is 0.366 e. The third kappa shape index (κ3) is 11.1. The van der Waals surface area contributed by atoms with Gasteiger partial charge in [-0.05, 0) is 23.7 Å². The van der Waals surface area contributed by atoms with Crippen molar-refractivity contribution in [3.8, 4) is 0 Å². The van der Waals surface area contributed by atoms with E-state index < -0.39 is 6.03 Å². The molecule has 0 aliphatic rings. The Kier molecular flexibility index (Phi) is 5.56. The molecule has 0 saturated heterocycles. The molecule has 0 spiro atoms. The van der Waals surface area contributed by atoms with E-state index >= 15 is 0 Å². The van der Waals surface area contributed by atoms with E-state index in [0.29, 0.717) is 0 Å². The van der Waals surface area contributed by atoms with Gasteiger partial charge < -0.3 is 0 Å². The second kappa shape index (κ2) is 5.92. The van der Waals surface area contributed by atoms with Gasteiger partial charge in [0.2, 0.25) is 0 Å². The Hall–Kier alpha value is -0.990. The highest BCUT2D eigenvalue weighted by Gasteiger charge is 2.08. The molecule has 0 aliphatic carbocycles. The van der Waals surface area contributed by atoms with E-state index in [1.807, 2.05) is 0 Å². The predicted octanol–water partition coefficient (Wildman–Crippen LogP) is 4.12. The fourth-order valence-electron chi connectivity index (χ4n) is 0.829. The minimum Gasteiger partial charge on any atom is -0.244 e. The fourth-order valence-corrected chi connectivity index (χ4v) is 0.829. The van der Waals surface area contributed by atoms with Gasteiger partial charge in [-0.3, -0.25) is 0 Å². The molecule has 0 heterocycles. The number of rotatable bonds is 2. The van der Waals surface area contributed by atoms with E-state index in [1.165, 1.54) is 0 Å². The molecule has 0 saturated carbocycles. The van der Waals surface area contributed by atoms with Crippen LogP contribution in [0.5, 0.6) is 0 Å². The van der Waals surface area contributed by atoms with Crippen molar-refractivity contribution < 1.29 is 4.79 Å². The first-order valence-electron chi connectivity index (χ1n) is 5.69. The predicted molar refractivity (Wildman–Crippen MR) is 70.5 cm³/mol. The molecule has 92 valence electrons. The first-order chi connectivity index (χ1) is 7.10. The Labute approximate surface area is 99.1 Å². The van der Waals surface area contributed by atoms with Crippen molar-refractivity contribution in [2.75, 3.05) is 0 Å². The van der Waals surface area contributed by atoms with Gasteiger partial charge >= 0.3 is 6.03 Å². The number of hydrogen-bond acceptors (Lipinski definition) is 1. The molecule has 3 nitrogen and oxygen atoms in total. The highest BCUT2D eigenvalue weighted by molar-refractivity contribution is 5.89. The highest BCUT2D eigenvalue weighted by Crippen LogP contribution is 2.17. The van der Waals surface area contributed by atoms with Crippen molar-refractivity contribution in [2.45, 2.75) is 54.4 Å².